The van der Waals surface area contributed by atoms with E-state index in [1.807, 2.05) is 0 Å². The molecule has 34 heavy (non-hydrogen) atoms. The molecule has 0 spiro atoms. The second-order valence-corrected chi connectivity index (χ2v) is 11.8. The fourth-order valence-electron chi connectivity index (χ4n) is 3.17. The van der Waals surface area contributed by atoms with E-state index in [0.29, 0.717) is 11.4 Å². The minimum Gasteiger partial charge on any atom is -0.324 e. The van der Waals surface area contributed by atoms with E-state index in [-0.39, 0.29) is 20.6 Å². The number of amides is 1. The number of anilines is 3. The van der Waals surface area contributed by atoms with Crippen LogP contribution in [0.5, 0.6) is 0 Å². The molecule has 3 aromatic rings. The Morgan fingerprint density at radius 2 is 1.41 bits per heavy atom. The van der Waals surface area contributed by atoms with Crippen molar-refractivity contribution in [2.45, 2.75) is 17.9 Å². The van der Waals surface area contributed by atoms with E-state index < -0.39 is 32.0 Å². The van der Waals surface area contributed by atoms with Gasteiger partial charge in [-0.15, -0.1) is 0 Å². The highest BCUT2D eigenvalue weighted by atomic mass is 35.5. The van der Waals surface area contributed by atoms with Crippen molar-refractivity contribution in [3.63, 3.8) is 0 Å². The summed E-state index contributed by atoms with van der Waals surface area (Å²) in [6, 6.07) is 16.9. The number of benzene rings is 3. The van der Waals surface area contributed by atoms with Crippen LogP contribution in [0.4, 0.5) is 17.1 Å². The van der Waals surface area contributed by atoms with Crippen molar-refractivity contribution >= 4 is 66.2 Å². The van der Waals surface area contributed by atoms with Crippen LogP contribution in [0, 0.1) is 0 Å². The molecule has 12 heteroatoms. The molecule has 0 radical (unpaired) electrons. The molecule has 3 rings (SSSR count). The molecule has 1 amide bonds. The number of hydrogen-bond acceptors (Lipinski definition) is 5. The van der Waals surface area contributed by atoms with Crippen LogP contribution in [0.15, 0.2) is 77.7 Å². The van der Waals surface area contributed by atoms with Crippen LogP contribution in [-0.4, -0.2) is 35.0 Å². The molecule has 0 fully saturated rings. The number of para-hydroxylation sites is 1. The molecule has 0 bridgehead atoms. The first-order chi connectivity index (χ1) is 15.9. The van der Waals surface area contributed by atoms with E-state index in [1.165, 1.54) is 49.4 Å². The van der Waals surface area contributed by atoms with Gasteiger partial charge in [0, 0.05) is 15.7 Å². The molecule has 0 aliphatic rings. The number of halogens is 2. The first-order valence-electron chi connectivity index (χ1n) is 9.81. The summed E-state index contributed by atoms with van der Waals surface area (Å²) in [5.41, 5.74) is 0.842. The van der Waals surface area contributed by atoms with E-state index in [2.05, 4.69) is 10.0 Å². The van der Waals surface area contributed by atoms with Gasteiger partial charge in [0.1, 0.15) is 6.04 Å². The van der Waals surface area contributed by atoms with Gasteiger partial charge in [-0.1, -0.05) is 41.4 Å². The average Bonchev–Trinajstić information content (AvgIpc) is 2.73. The Morgan fingerprint density at radius 3 is 1.94 bits per heavy atom. The number of hydrogen-bond donors (Lipinski definition) is 2. The molecule has 0 aromatic heterocycles. The number of nitrogens with one attached hydrogen (secondary N) is 2. The third kappa shape index (κ3) is 6.41. The SMILES string of the molecule is C[C@H](C(=O)Nc1ccc(S(=O)(=O)Nc2cc(Cl)cc(Cl)c2)cc1)N(c1ccccc1)S(C)(=O)=O. The average molecular weight is 542 g/mol. The number of rotatable bonds is 8. The molecule has 3 aromatic carbocycles. The minimum atomic E-state index is -3.94. The van der Waals surface area contributed by atoms with E-state index >= 15 is 0 Å². The number of nitrogens with zero attached hydrogens (tertiary/aromatic N) is 1. The summed E-state index contributed by atoms with van der Waals surface area (Å²) >= 11 is 11.8. The molecule has 8 nitrogen and oxygen atoms in total. The van der Waals surface area contributed by atoms with Gasteiger partial charge in [-0.05, 0) is 61.5 Å². The Bertz CT molecular complexity index is 1380. The first-order valence-corrected chi connectivity index (χ1v) is 13.9. The van der Waals surface area contributed by atoms with Gasteiger partial charge in [0.05, 0.1) is 22.5 Å². The zero-order chi connectivity index (χ0) is 25.1. The predicted octanol–water partition coefficient (Wildman–Crippen LogP) is 4.59. The number of sulfonamides is 2. The maximum Gasteiger partial charge on any atom is 0.261 e. The van der Waals surface area contributed by atoms with Gasteiger partial charge in [0.25, 0.3) is 10.0 Å². The molecule has 180 valence electrons. The Morgan fingerprint density at radius 1 is 0.853 bits per heavy atom. The second kappa shape index (κ2) is 10.2. The zero-order valence-electron chi connectivity index (χ0n) is 18.1. The lowest BCUT2D eigenvalue weighted by Gasteiger charge is -2.28. The molecule has 0 aliphatic carbocycles. The van der Waals surface area contributed by atoms with Crippen molar-refractivity contribution in [2.75, 3.05) is 20.6 Å². The Hall–Kier alpha value is -2.79. The monoisotopic (exact) mass is 541 g/mol. The van der Waals surface area contributed by atoms with Crippen LogP contribution >= 0.6 is 23.2 Å². The van der Waals surface area contributed by atoms with Gasteiger partial charge in [0.15, 0.2) is 0 Å². The summed E-state index contributed by atoms with van der Waals surface area (Å²) in [7, 11) is -7.70. The summed E-state index contributed by atoms with van der Waals surface area (Å²) in [5.74, 6) is -0.587. The van der Waals surface area contributed by atoms with Crippen molar-refractivity contribution in [3.05, 3.63) is 82.8 Å². The highest BCUT2D eigenvalue weighted by Gasteiger charge is 2.29. The standard InChI is InChI=1S/C22H21Cl2N3O5S2/c1-15(27(33(2,29)30)20-6-4-3-5-7-20)22(28)25-18-8-10-21(11-9-18)34(31,32)26-19-13-16(23)12-17(24)14-19/h3-15,26H,1-2H3,(H,25,28)/t15-/m1/s1. The van der Waals surface area contributed by atoms with Crippen molar-refractivity contribution in [2.24, 2.45) is 0 Å². The second-order valence-electron chi connectivity index (χ2n) is 7.35. The van der Waals surface area contributed by atoms with E-state index in [0.717, 1.165) is 10.6 Å². The maximum absolute atomic E-state index is 12.8. The van der Waals surface area contributed by atoms with Crippen molar-refractivity contribution in [1.82, 2.24) is 0 Å². The fraction of sp³-hybridized carbons (Fsp3) is 0.136. The third-order valence-corrected chi connectivity index (χ3v) is 7.72. The molecule has 2 N–H and O–H groups in total. The predicted molar refractivity (Wildman–Crippen MR) is 136 cm³/mol. The van der Waals surface area contributed by atoms with E-state index in [4.69, 9.17) is 23.2 Å². The third-order valence-electron chi connectivity index (χ3n) is 4.65. The van der Waals surface area contributed by atoms with Crippen molar-refractivity contribution in [1.29, 1.82) is 0 Å². The van der Waals surface area contributed by atoms with Gasteiger partial charge < -0.3 is 5.32 Å². The molecule has 0 saturated heterocycles. The molecule has 0 heterocycles. The topological polar surface area (TPSA) is 113 Å². The fourth-order valence-corrected chi connectivity index (χ4v) is 5.92. The van der Waals surface area contributed by atoms with Crippen LogP contribution in [0.1, 0.15) is 6.92 Å². The normalized spacial score (nSPS) is 12.6. The minimum absolute atomic E-state index is 0.0586. The van der Waals surface area contributed by atoms with Gasteiger partial charge >= 0.3 is 0 Å². The Kier molecular flexibility index (Phi) is 7.77. The summed E-state index contributed by atoms with van der Waals surface area (Å²) in [6.45, 7) is 1.46. The van der Waals surface area contributed by atoms with Crippen LogP contribution in [0.3, 0.4) is 0 Å². The molecular weight excluding hydrogens is 521 g/mol. The zero-order valence-corrected chi connectivity index (χ0v) is 21.2. The smallest absolute Gasteiger partial charge is 0.261 e. The first kappa shape index (κ1) is 25.8. The lowest BCUT2D eigenvalue weighted by Crippen LogP contribution is -2.45. The van der Waals surface area contributed by atoms with Gasteiger partial charge in [-0.25, -0.2) is 16.8 Å². The van der Waals surface area contributed by atoms with Crippen LogP contribution in [0.2, 0.25) is 10.0 Å². The van der Waals surface area contributed by atoms with E-state index in [9.17, 15) is 21.6 Å². The largest absolute Gasteiger partial charge is 0.324 e. The summed E-state index contributed by atoms with van der Waals surface area (Å²) in [4.78, 5) is 12.7. The van der Waals surface area contributed by atoms with Gasteiger partial charge in [-0.2, -0.15) is 0 Å². The van der Waals surface area contributed by atoms with Crippen LogP contribution < -0.4 is 14.3 Å². The Labute approximate surface area is 208 Å². The van der Waals surface area contributed by atoms with E-state index in [1.54, 1.807) is 30.3 Å². The van der Waals surface area contributed by atoms with Crippen molar-refractivity contribution in [3.8, 4) is 0 Å². The molecule has 0 unspecified atom stereocenters. The lowest BCUT2D eigenvalue weighted by molar-refractivity contribution is -0.116. The number of carbonyl (C=O) groups is 1. The maximum atomic E-state index is 12.8. The molecule has 0 saturated carbocycles. The summed E-state index contributed by atoms with van der Waals surface area (Å²) in [6.07, 6.45) is 1.02. The highest BCUT2D eigenvalue weighted by Crippen LogP contribution is 2.26. The molecule has 1 atom stereocenters. The quantitative estimate of drug-likeness (QED) is 0.433. The summed E-state index contributed by atoms with van der Waals surface area (Å²) in [5, 5.41) is 3.16. The van der Waals surface area contributed by atoms with Crippen molar-refractivity contribution < 1.29 is 21.6 Å². The van der Waals surface area contributed by atoms with Gasteiger partial charge in [-0.3, -0.25) is 13.8 Å². The molecule has 0 aliphatic heterocycles. The summed E-state index contributed by atoms with van der Waals surface area (Å²) < 4.78 is 53.4. The Balaban J connectivity index is 1.76. The van der Waals surface area contributed by atoms with Gasteiger partial charge in [0.2, 0.25) is 15.9 Å². The van der Waals surface area contributed by atoms with Crippen LogP contribution in [0.25, 0.3) is 0 Å². The number of carbonyl (C=O) groups excluding carboxylic acids is 1. The lowest BCUT2D eigenvalue weighted by atomic mass is 10.2. The van der Waals surface area contributed by atoms with Crippen LogP contribution in [-0.2, 0) is 24.8 Å². The highest BCUT2D eigenvalue weighted by molar-refractivity contribution is 7.92. The molecular formula is C22H21Cl2N3O5S2.